The van der Waals surface area contributed by atoms with Gasteiger partial charge < -0.3 is 19.9 Å². The quantitative estimate of drug-likeness (QED) is 0.542. The summed E-state index contributed by atoms with van der Waals surface area (Å²) in [6.45, 7) is 1.81. The van der Waals surface area contributed by atoms with Crippen molar-refractivity contribution in [3.05, 3.63) is 59.9 Å². The van der Waals surface area contributed by atoms with E-state index < -0.39 is 0 Å². The second-order valence-electron chi connectivity index (χ2n) is 11.5. The van der Waals surface area contributed by atoms with Crippen LogP contribution >= 0.6 is 0 Å². The number of amides is 3. The van der Waals surface area contributed by atoms with Gasteiger partial charge in [0.05, 0.1) is 12.6 Å². The van der Waals surface area contributed by atoms with Crippen molar-refractivity contribution in [3.63, 3.8) is 0 Å². The van der Waals surface area contributed by atoms with Crippen molar-refractivity contribution in [3.8, 4) is 5.75 Å². The Morgan fingerprint density at radius 3 is 2.50 bits per heavy atom. The molecular formula is C30H41N5O3. The molecule has 3 fully saturated rings. The lowest BCUT2D eigenvalue weighted by atomic mass is 9.68. The highest BCUT2D eigenvalue weighted by Crippen LogP contribution is 2.49. The van der Waals surface area contributed by atoms with E-state index in [2.05, 4.69) is 64.5 Å². The maximum Gasteiger partial charge on any atom is 0.321 e. The number of carbonyl (C=O) groups is 2. The Morgan fingerprint density at radius 1 is 1.13 bits per heavy atom. The molecule has 1 spiro atoms. The zero-order valence-corrected chi connectivity index (χ0v) is 23.0. The van der Waals surface area contributed by atoms with Gasteiger partial charge in [-0.3, -0.25) is 14.7 Å². The lowest BCUT2D eigenvalue weighted by Crippen LogP contribution is -2.56. The van der Waals surface area contributed by atoms with Crippen molar-refractivity contribution in [2.75, 3.05) is 40.8 Å². The molecule has 3 amide bonds. The van der Waals surface area contributed by atoms with Crippen molar-refractivity contribution in [1.82, 2.24) is 25.0 Å². The number of aromatic nitrogens is 1. The fourth-order valence-electron chi connectivity index (χ4n) is 6.68. The van der Waals surface area contributed by atoms with Crippen LogP contribution in [0, 0.1) is 5.92 Å². The molecule has 0 unspecified atom stereocenters. The number of methoxy groups -OCH3 is 1. The molecule has 1 aliphatic heterocycles. The average Bonchev–Trinajstić information content (AvgIpc) is 3.15. The Kier molecular flexibility index (Phi) is 7.61. The van der Waals surface area contributed by atoms with Crippen LogP contribution in [0.2, 0.25) is 0 Å². The molecule has 8 nitrogen and oxygen atoms in total. The summed E-state index contributed by atoms with van der Waals surface area (Å²) in [4.78, 5) is 37.2. The highest BCUT2D eigenvalue weighted by molar-refractivity contribution is 5.86. The molecular weight excluding hydrogens is 478 g/mol. The standard InChI is InChI=1S/C30H41N5O3/c1-33(2)30(25-10-5-4-6-11-25)15-13-29(14-16-30)22-34(28(37)35(29)20-23-8-7-9-23)21-27(36)32-19-24-18-31-17-12-26(24)38-3/h4-6,10-12,17-18,23H,7-9,13-16,19-22H2,1-3H3,(H,32,36)/t29-,30+. The fraction of sp³-hybridized carbons (Fsp3) is 0.567. The molecule has 2 aliphatic carbocycles. The molecule has 0 atom stereocenters. The van der Waals surface area contributed by atoms with Crippen LogP contribution in [0.25, 0.3) is 0 Å². The number of nitrogens with zero attached hydrogens (tertiary/aromatic N) is 4. The van der Waals surface area contributed by atoms with Crippen molar-refractivity contribution >= 4 is 11.9 Å². The van der Waals surface area contributed by atoms with Gasteiger partial charge in [-0.05, 0) is 70.2 Å². The molecule has 5 rings (SSSR count). The first-order valence-corrected chi connectivity index (χ1v) is 13.9. The Morgan fingerprint density at radius 2 is 1.87 bits per heavy atom. The largest absolute Gasteiger partial charge is 0.496 e. The van der Waals surface area contributed by atoms with Crippen LogP contribution in [-0.4, -0.2) is 78.0 Å². The lowest BCUT2D eigenvalue weighted by molar-refractivity contribution is -0.121. The Balaban J connectivity index is 1.30. The first kappa shape index (κ1) is 26.5. The summed E-state index contributed by atoms with van der Waals surface area (Å²) in [5.41, 5.74) is 1.91. The van der Waals surface area contributed by atoms with E-state index in [0.717, 1.165) is 37.8 Å². The summed E-state index contributed by atoms with van der Waals surface area (Å²) in [7, 11) is 5.95. The van der Waals surface area contributed by atoms with Gasteiger partial charge in [0, 0.05) is 43.1 Å². The summed E-state index contributed by atoms with van der Waals surface area (Å²) < 4.78 is 5.37. The Labute approximate surface area is 226 Å². The molecule has 1 aromatic heterocycles. The van der Waals surface area contributed by atoms with Gasteiger partial charge >= 0.3 is 6.03 Å². The van der Waals surface area contributed by atoms with Gasteiger partial charge in [0.25, 0.3) is 0 Å². The number of urea groups is 1. The van der Waals surface area contributed by atoms with Crippen molar-refractivity contribution in [1.29, 1.82) is 0 Å². The normalized spacial score (nSPS) is 25.6. The minimum atomic E-state index is -0.214. The Hall–Kier alpha value is -3.13. The monoisotopic (exact) mass is 519 g/mol. The van der Waals surface area contributed by atoms with Gasteiger partial charge in [0.2, 0.25) is 5.91 Å². The second-order valence-corrected chi connectivity index (χ2v) is 11.5. The predicted molar refractivity (Wildman–Crippen MR) is 147 cm³/mol. The van der Waals surface area contributed by atoms with Crippen LogP contribution in [0.4, 0.5) is 4.79 Å². The molecule has 0 radical (unpaired) electrons. The molecule has 1 aromatic carbocycles. The maximum absolute atomic E-state index is 13.8. The molecule has 2 saturated carbocycles. The van der Waals surface area contributed by atoms with Crippen LogP contribution < -0.4 is 10.1 Å². The topological polar surface area (TPSA) is 78.0 Å². The number of hydrogen-bond acceptors (Lipinski definition) is 5. The minimum absolute atomic E-state index is 0.0167. The van der Waals surface area contributed by atoms with Crippen LogP contribution in [-0.2, 0) is 16.9 Å². The first-order chi connectivity index (χ1) is 18.4. The summed E-state index contributed by atoms with van der Waals surface area (Å²) in [6.07, 6.45) is 10.8. The van der Waals surface area contributed by atoms with Crippen molar-refractivity contribution in [2.45, 2.75) is 62.6 Å². The molecule has 2 heterocycles. The van der Waals surface area contributed by atoms with E-state index in [9.17, 15) is 9.59 Å². The molecule has 2 aromatic rings. The van der Waals surface area contributed by atoms with Crippen LogP contribution in [0.15, 0.2) is 48.8 Å². The molecule has 1 N–H and O–H groups in total. The smallest absolute Gasteiger partial charge is 0.321 e. The number of nitrogens with one attached hydrogen (secondary N) is 1. The summed E-state index contributed by atoms with van der Waals surface area (Å²) >= 11 is 0. The minimum Gasteiger partial charge on any atom is -0.496 e. The van der Waals surface area contributed by atoms with E-state index in [4.69, 9.17) is 4.74 Å². The number of pyridine rings is 1. The van der Waals surface area contributed by atoms with E-state index in [1.807, 2.05) is 0 Å². The fourth-order valence-corrected chi connectivity index (χ4v) is 6.68. The third-order valence-corrected chi connectivity index (χ3v) is 9.29. The van der Waals surface area contributed by atoms with Crippen LogP contribution in [0.5, 0.6) is 5.75 Å². The number of carbonyl (C=O) groups excluding carboxylic acids is 2. The van der Waals surface area contributed by atoms with E-state index in [1.165, 1.54) is 24.8 Å². The number of rotatable bonds is 9. The van der Waals surface area contributed by atoms with E-state index in [-0.39, 0.29) is 29.6 Å². The Bertz CT molecular complexity index is 1130. The third kappa shape index (κ3) is 4.98. The maximum atomic E-state index is 13.8. The molecule has 3 aliphatic rings. The number of hydrogen-bond donors (Lipinski definition) is 1. The van der Waals surface area contributed by atoms with Gasteiger partial charge in [-0.2, -0.15) is 0 Å². The highest BCUT2D eigenvalue weighted by atomic mass is 16.5. The third-order valence-electron chi connectivity index (χ3n) is 9.29. The number of ether oxygens (including phenoxy) is 1. The zero-order valence-electron chi connectivity index (χ0n) is 23.0. The van der Waals surface area contributed by atoms with Crippen LogP contribution in [0.1, 0.15) is 56.1 Å². The summed E-state index contributed by atoms with van der Waals surface area (Å²) in [5, 5.41) is 2.96. The second kappa shape index (κ2) is 10.9. The first-order valence-electron chi connectivity index (χ1n) is 13.9. The molecule has 1 saturated heterocycles. The van der Waals surface area contributed by atoms with Gasteiger partial charge in [-0.15, -0.1) is 0 Å². The van der Waals surface area contributed by atoms with E-state index in [1.54, 1.807) is 30.5 Å². The predicted octanol–water partition coefficient (Wildman–Crippen LogP) is 4.01. The van der Waals surface area contributed by atoms with E-state index >= 15 is 0 Å². The summed E-state index contributed by atoms with van der Waals surface area (Å²) in [6, 6.07) is 12.6. The van der Waals surface area contributed by atoms with Gasteiger partial charge in [0.1, 0.15) is 12.3 Å². The SMILES string of the molecule is COc1ccncc1CNC(=O)CN1C[C@]2(CC[C@](c3ccccc3)(N(C)C)CC2)N(CC2CCC2)C1=O. The van der Waals surface area contributed by atoms with Crippen molar-refractivity contribution < 1.29 is 14.3 Å². The number of benzene rings is 1. The summed E-state index contributed by atoms with van der Waals surface area (Å²) in [5.74, 6) is 1.11. The van der Waals surface area contributed by atoms with E-state index in [0.29, 0.717) is 24.8 Å². The zero-order chi connectivity index (χ0) is 26.8. The molecule has 38 heavy (non-hydrogen) atoms. The molecule has 8 heteroatoms. The lowest BCUT2D eigenvalue weighted by Gasteiger charge is -2.51. The van der Waals surface area contributed by atoms with Gasteiger partial charge in [0.15, 0.2) is 0 Å². The molecule has 0 bridgehead atoms. The molecule has 204 valence electrons. The van der Waals surface area contributed by atoms with Crippen molar-refractivity contribution in [2.24, 2.45) is 5.92 Å². The average molecular weight is 520 g/mol. The van der Waals surface area contributed by atoms with Crippen LogP contribution in [0.3, 0.4) is 0 Å². The van der Waals surface area contributed by atoms with Gasteiger partial charge in [-0.1, -0.05) is 36.8 Å². The van der Waals surface area contributed by atoms with Gasteiger partial charge in [-0.25, -0.2) is 4.79 Å². The highest BCUT2D eigenvalue weighted by Gasteiger charge is 2.55.